The van der Waals surface area contributed by atoms with Crippen molar-refractivity contribution in [2.45, 2.75) is 12.5 Å². The summed E-state index contributed by atoms with van der Waals surface area (Å²) in [7, 11) is 0. The number of aromatic hydroxyl groups is 2. The lowest BCUT2D eigenvalue weighted by atomic mass is 9.92. The molecule has 1 aliphatic rings. The zero-order chi connectivity index (χ0) is 14.3. The lowest BCUT2D eigenvalue weighted by Gasteiger charge is -2.25. The minimum absolute atomic E-state index is 0.171. The Kier molecular flexibility index (Phi) is 2.83. The van der Waals surface area contributed by atoms with E-state index in [9.17, 15) is 20.3 Å². The minimum atomic E-state index is -0.596. The number of fused-ring (bicyclic) bond motifs is 1. The van der Waals surface area contributed by atoms with Gasteiger partial charge in [-0.1, -0.05) is 0 Å². The average Bonchev–Trinajstić information content (AvgIpc) is 2.89. The number of hydrogen-bond donors (Lipinski definition) is 3. The molecule has 0 unspecified atom stereocenters. The fraction of sp³-hybridized carbons (Fsp3) is 0.231. The summed E-state index contributed by atoms with van der Waals surface area (Å²) in [5.41, 5.74) is 1.62. The molecule has 0 fully saturated rings. The Bertz CT molecular complexity index is 679. The van der Waals surface area contributed by atoms with Gasteiger partial charge in [0.1, 0.15) is 10.7 Å². The van der Waals surface area contributed by atoms with Crippen LogP contribution in [-0.2, 0) is 6.42 Å². The highest BCUT2D eigenvalue weighted by molar-refractivity contribution is 5.49. The van der Waals surface area contributed by atoms with Gasteiger partial charge in [0.2, 0.25) is 0 Å². The molecule has 104 valence electrons. The maximum absolute atomic E-state index is 10.7. The summed E-state index contributed by atoms with van der Waals surface area (Å²) in [5.74, 6) is -0.312. The van der Waals surface area contributed by atoms with Crippen molar-refractivity contribution in [1.82, 2.24) is 5.32 Å². The van der Waals surface area contributed by atoms with Crippen LogP contribution in [0.3, 0.4) is 0 Å². The zero-order valence-electron chi connectivity index (χ0n) is 10.4. The lowest BCUT2D eigenvalue weighted by Crippen LogP contribution is -2.30. The van der Waals surface area contributed by atoms with Gasteiger partial charge in [0.15, 0.2) is 11.5 Å². The summed E-state index contributed by atoms with van der Waals surface area (Å²) in [4.78, 5) is 10.1. The van der Waals surface area contributed by atoms with E-state index >= 15 is 0 Å². The van der Waals surface area contributed by atoms with Crippen molar-refractivity contribution < 1.29 is 19.6 Å². The van der Waals surface area contributed by atoms with Crippen LogP contribution in [0.2, 0.25) is 0 Å². The molecule has 3 rings (SSSR count). The predicted molar refractivity (Wildman–Crippen MR) is 68.7 cm³/mol. The fourth-order valence-corrected chi connectivity index (χ4v) is 2.43. The number of nitrogens with zero attached hydrogens (tertiary/aromatic N) is 1. The van der Waals surface area contributed by atoms with Gasteiger partial charge in [-0.05, 0) is 35.7 Å². The third-order valence-corrected chi connectivity index (χ3v) is 3.37. The molecule has 0 radical (unpaired) electrons. The van der Waals surface area contributed by atoms with E-state index in [1.54, 1.807) is 0 Å². The normalized spacial score (nSPS) is 17.7. The van der Waals surface area contributed by atoms with E-state index in [1.807, 2.05) is 0 Å². The van der Waals surface area contributed by atoms with Crippen LogP contribution in [0.15, 0.2) is 28.7 Å². The smallest absolute Gasteiger partial charge is 0.433 e. The number of nitro groups is 1. The molecular weight excluding hydrogens is 264 g/mol. The van der Waals surface area contributed by atoms with Gasteiger partial charge < -0.3 is 19.9 Å². The summed E-state index contributed by atoms with van der Waals surface area (Å²) < 4.78 is 5.21. The van der Waals surface area contributed by atoms with Gasteiger partial charge in [0, 0.05) is 6.54 Å². The molecule has 20 heavy (non-hydrogen) atoms. The number of phenolic OH excluding ortho intramolecular Hbond substituents is 2. The molecule has 2 aromatic rings. The molecule has 0 saturated carbocycles. The van der Waals surface area contributed by atoms with E-state index < -0.39 is 4.92 Å². The maximum Gasteiger partial charge on any atom is 0.433 e. The first kappa shape index (κ1) is 12.5. The Hall–Kier alpha value is -2.54. The Morgan fingerprint density at radius 1 is 1.30 bits per heavy atom. The summed E-state index contributed by atoms with van der Waals surface area (Å²) in [6.45, 7) is 0.649. The van der Waals surface area contributed by atoms with Gasteiger partial charge in [-0.3, -0.25) is 10.1 Å². The molecule has 2 heterocycles. The average molecular weight is 276 g/mol. The predicted octanol–water partition coefficient (Wildman–Crippen LogP) is 1.83. The molecular formula is C13H12N2O5. The third kappa shape index (κ3) is 1.97. The van der Waals surface area contributed by atoms with E-state index in [0.717, 1.165) is 11.1 Å². The quantitative estimate of drug-likeness (QED) is 0.438. The Labute approximate surface area is 113 Å². The SMILES string of the molecule is O=[N+]([O-])c1ccc([C@@H]2NCCc3cc(O)c(O)cc32)o1. The maximum atomic E-state index is 10.7. The lowest BCUT2D eigenvalue weighted by molar-refractivity contribution is -0.402. The topological polar surface area (TPSA) is 109 Å². The van der Waals surface area contributed by atoms with Crippen LogP contribution in [0.5, 0.6) is 11.5 Å². The molecule has 3 N–H and O–H groups in total. The largest absolute Gasteiger partial charge is 0.504 e. The third-order valence-electron chi connectivity index (χ3n) is 3.37. The highest BCUT2D eigenvalue weighted by Crippen LogP contribution is 2.37. The van der Waals surface area contributed by atoms with Gasteiger partial charge >= 0.3 is 5.88 Å². The van der Waals surface area contributed by atoms with E-state index in [4.69, 9.17) is 4.42 Å². The first-order chi connectivity index (χ1) is 9.56. The molecule has 0 bridgehead atoms. The molecule has 1 aromatic heterocycles. The molecule has 0 saturated heterocycles. The second-order valence-corrected chi connectivity index (χ2v) is 4.61. The van der Waals surface area contributed by atoms with Crippen molar-refractivity contribution in [2.75, 3.05) is 6.54 Å². The first-order valence-electron chi connectivity index (χ1n) is 6.08. The molecule has 1 aliphatic heterocycles. The molecule has 7 nitrogen and oxygen atoms in total. The van der Waals surface area contributed by atoms with Gasteiger partial charge in [-0.2, -0.15) is 0 Å². The van der Waals surface area contributed by atoms with Crippen molar-refractivity contribution in [3.8, 4) is 11.5 Å². The van der Waals surface area contributed by atoms with Crippen molar-refractivity contribution in [3.05, 3.63) is 51.3 Å². The number of rotatable bonds is 2. The second-order valence-electron chi connectivity index (χ2n) is 4.61. The number of benzene rings is 1. The van der Waals surface area contributed by atoms with Crippen LogP contribution in [0.4, 0.5) is 5.88 Å². The molecule has 0 aliphatic carbocycles. The Morgan fingerprint density at radius 3 is 2.75 bits per heavy atom. The van der Waals surface area contributed by atoms with Crippen molar-refractivity contribution in [2.24, 2.45) is 0 Å². The summed E-state index contributed by atoms with van der Waals surface area (Å²) in [6, 6.07) is 5.42. The number of phenols is 2. The molecule has 1 aromatic carbocycles. The molecule has 0 spiro atoms. The Balaban J connectivity index is 2.04. The molecule has 7 heteroatoms. The van der Waals surface area contributed by atoms with Crippen LogP contribution in [0.1, 0.15) is 22.9 Å². The van der Waals surface area contributed by atoms with Gasteiger partial charge in [-0.25, -0.2) is 0 Å². The van der Waals surface area contributed by atoms with Crippen LogP contribution < -0.4 is 5.32 Å². The minimum Gasteiger partial charge on any atom is -0.504 e. The van der Waals surface area contributed by atoms with Gasteiger partial charge in [-0.15, -0.1) is 0 Å². The Morgan fingerprint density at radius 2 is 2.05 bits per heavy atom. The van der Waals surface area contributed by atoms with Gasteiger partial charge in [0.05, 0.1) is 12.1 Å². The van der Waals surface area contributed by atoms with Crippen molar-refractivity contribution in [3.63, 3.8) is 0 Å². The summed E-state index contributed by atoms with van der Waals surface area (Å²) in [5, 5.41) is 33.0. The fourth-order valence-electron chi connectivity index (χ4n) is 2.43. The number of furan rings is 1. The van der Waals surface area contributed by atoms with Crippen LogP contribution in [-0.4, -0.2) is 21.7 Å². The second kappa shape index (κ2) is 4.53. The summed E-state index contributed by atoms with van der Waals surface area (Å²) >= 11 is 0. The van der Waals surface area contributed by atoms with Crippen molar-refractivity contribution in [1.29, 1.82) is 0 Å². The summed E-state index contributed by atoms with van der Waals surface area (Å²) in [6.07, 6.45) is 0.697. The van der Waals surface area contributed by atoms with Crippen LogP contribution in [0, 0.1) is 10.1 Å². The van der Waals surface area contributed by atoms with E-state index in [-0.39, 0.29) is 23.4 Å². The zero-order valence-corrected chi connectivity index (χ0v) is 10.4. The van der Waals surface area contributed by atoms with Crippen LogP contribution in [0.25, 0.3) is 0 Å². The van der Waals surface area contributed by atoms with Crippen LogP contribution >= 0.6 is 0 Å². The standard InChI is InChI=1S/C13H12N2O5/c16-9-5-7-3-4-14-13(8(7)6-10(9)17)11-1-2-12(20-11)15(18)19/h1-2,5-6,13-14,16-17H,3-4H2/t13-/m1/s1. The highest BCUT2D eigenvalue weighted by Gasteiger charge is 2.27. The van der Waals surface area contributed by atoms with Crippen molar-refractivity contribution >= 4 is 5.88 Å². The number of nitrogens with one attached hydrogen (secondary N) is 1. The van der Waals surface area contributed by atoms with E-state index in [0.29, 0.717) is 18.7 Å². The number of hydrogen-bond acceptors (Lipinski definition) is 6. The first-order valence-corrected chi connectivity index (χ1v) is 6.08. The highest BCUT2D eigenvalue weighted by atomic mass is 16.6. The van der Waals surface area contributed by atoms with E-state index in [2.05, 4.69) is 5.32 Å². The molecule has 0 amide bonds. The van der Waals surface area contributed by atoms with Gasteiger partial charge in [0.25, 0.3) is 0 Å². The monoisotopic (exact) mass is 276 g/mol. The van der Waals surface area contributed by atoms with E-state index in [1.165, 1.54) is 24.3 Å². The molecule has 1 atom stereocenters.